The van der Waals surface area contributed by atoms with E-state index in [0.717, 1.165) is 24.8 Å². The number of halogens is 1. The van der Waals surface area contributed by atoms with E-state index in [1.807, 2.05) is 24.1 Å². The third kappa shape index (κ3) is 2.78. The summed E-state index contributed by atoms with van der Waals surface area (Å²) in [6, 6.07) is 5.05. The summed E-state index contributed by atoms with van der Waals surface area (Å²) in [5, 5.41) is 0.783. The standard InChI is InChI=1S/C16H20FN3O/c1-20(10-11-5-2-3-8-21-11)16-13(17)9-14(18)12-6-4-7-19-15(12)16/h4,6-7,9,11H,2-3,5,8,10,18H2,1H3. The number of benzene rings is 1. The first-order valence-corrected chi connectivity index (χ1v) is 7.32. The highest BCUT2D eigenvalue weighted by Crippen LogP contribution is 2.32. The fourth-order valence-electron chi connectivity index (χ4n) is 2.93. The van der Waals surface area contributed by atoms with Crippen LogP contribution in [0.1, 0.15) is 19.3 Å². The second-order valence-electron chi connectivity index (χ2n) is 5.56. The predicted octanol–water partition coefficient (Wildman–Crippen LogP) is 2.96. The Kier molecular flexibility index (Phi) is 3.92. The highest BCUT2D eigenvalue weighted by Gasteiger charge is 2.20. The van der Waals surface area contributed by atoms with Crippen LogP contribution in [0.4, 0.5) is 15.8 Å². The Morgan fingerprint density at radius 1 is 1.48 bits per heavy atom. The van der Waals surface area contributed by atoms with Crippen LogP contribution in [0, 0.1) is 5.82 Å². The highest BCUT2D eigenvalue weighted by molar-refractivity contribution is 5.98. The van der Waals surface area contributed by atoms with E-state index in [1.165, 1.54) is 12.5 Å². The minimum atomic E-state index is -0.336. The number of ether oxygens (including phenoxy) is 1. The molecule has 1 atom stereocenters. The van der Waals surface area contributed by atoms with Crippen molar-refractivity contribution in [1.82, 2.24) is 4.98 Å². The molecule has 112 valence electrons. The number of anilines is 2. The molecule has 0 bridgehead atoms. The Bertz CT molecular complexity index is 641. The molecule has 1 unspecified atom stereocenters. The van der Waals surface area contributed by atoms with Crippen LogP contribution in [0.3, 0.4) is 0 Å². The molecule has 0 spiro atoms. The van der Waals surface area contributed by atoms with Gasteiger partial charge in [-0.2, -0.15) is 0 Å². The van der Waals surface area contributed by atoms with E-state index in [4.69, 9.17) is 10.5 Å². The highest BCUT2D eigenvalue weighted by atomic mass is 19.1. The summed E-state index contributed by atoms with van der Waals surface area (Å²) in [6.45, 7) is 1.45. The molecular formula is C16H20FN3O. The molecule has 1 saturated heterocycles. The topological polar surface area (TPSA) is 51.4 Å². The van der Waals surface area contributed by atoms with Crippen LogP contribution in [0.25, 0.3) is 10.9 Å². The fourth-order valence-corrected chi connectivity index (χ4v) is 2.93. The van der Waals surface area contributed by atoms with Crippen molar-refractivity contribution in [2.45, 2.75) is 25.4 Å². The molecule has 4 nitrogen and oxygen atoms in total. The number of pyridine rings is 1. The minimum Gasteiger partial charge on any atom is -0.398 e. The molecule has 0 radical (unpaired) electrons. The van der Waals surface area contributed by atoms with Gasteiger partial charge in [-0.1, -0.05) is 0 Å². The van der Waals surface area contributed by atoms with Crippen molar-refractivity contribution < 1.29 is 9.13 Å². The number of nitrogen functional groups attached to an aromatic ring is 1. The number of fused-ring (bicyclic) bond motifs is 1. The van der Waals surface area contributed by atoms with Crippen LogP contribution in [0.5, 0.6) is 0 Å². The fraction of sp³-hybridized carbons (Fsp3) is 0.438. The van der Waals surface area contributed by atoms with Crippen LogP contribution in [0.2, 0.25) is 0 Å². The van der Waals surface area contributed by atoms with Gasteiger partial charge in [0.1, 0.15) is 0 Å². The summed E-state index contributed by atoms with van der Waals surface area (Å²) in [7, 11) is 1.88. The van der Waals surface area contributed by atoms with Gasteiger partial charge in [0.25, 0.3) is 0 Å². The summed E-state index contributed by atoms with van der Waals surface area (Å²) in [5.41, 5.74) is 7.40. The molecule has 0 aliphatic carbocycles. The zero-order valence-electron chi connectivity index (χ0n) is 12.2. The van der Waals surface area contributed by atoms with Crippen molar-refractivity contribution >= 4 is 22.3 Å². The molecule has 0 saturated carbocycles. The molecule has 3 rings (SSSR count). The zero-order chi connectivity index (χ0) is 14.8. The number of nitrogens with zero attached hydrogens (tertiary/aromatic N) is 2. The summed E-state index contributed by atoms with van der Waals surface area (Å²) in [4.78, 5) is 6.20. The van der Waals surface area contributed by atoms with E-state index < -0.39 is 0 Å². The maximum Gasteiger partial charge on any atom is 0.150 e. The third-order valence-electron chi connectivity index (χ3n) is 3.98. The van der Waals surface area contributed by atoms with Crippen molar-refractivity contribution in [2.75, 3.05) is 30.8 Å². The number of aromatic nitrogens is 1. The van der Waals surface area contributed by atoms with Gasteiger partial charge < -0.3 is 15.4 Å². The molecule has 1 fully saturated rings. The van der Waals surface area contributed by atoms with E-state index in [1.54, 1.807) is 6.20 Å². The molecule has 1 aromatic heterocycles. The Labute approximate surface area is 123 Å². The van der Waals surface area contributed by atoms with Gasteiger partial charge in [-0.15, -0.1) is 0 Å². The third-order valence-corrected chi connectivity index (χ3v) is 3.98. The Morgan fingerprint density at radius 3 is 3.10 bits per heavy atom. The first-order chi connectivity index (χ1) is 10.2. The number of hydrogen-bond acceptors (Lipinski definition) is 4. The lowest BCUT2D eigenvalue weighted by molar-refractivity contribution is 0.0216. The van der Waals surface area contributed by atoms with Gasteiger partial charge in [-0.25, -0.2) is 4.39 Å². The molecule has 1 aliphatic heterocycles. The normalized spacial score (nSPS) is 18.9. The SMILES string of the molecule is CN(CC1CCCCO1)c1c(F)cc(N)c2cccnc12. The van der Waals surface area contributed by atoms with Gasteiger partial charge in [0.15, 0.2) is 5.82 Å². The van der Waals surface area contributed by atoms with E-state index >= 15 is 0 Å². The van der Waals surface area contributed by atoms with Crippen LogP contribution in [0.15, 0.2) is 24.4 Å². The van der Waals surface area contributed by atoms with Gasteiger partial charge in [0.2, 0.25) is 0 Å². The Morgan fingerprint density at radius 2 is 2.33 bits per heavy atom. The number of rotatable bonds is 3. The maximum absolute atomic E-state index is 14.4. The molecule has 2 heterocycles. The lowest BCUT2D eigenvalue weighted by atomic mass is 10.1. The van der Waals surface area contributed by atoms with Gasteiger partial charge in [0.05, 0.1) is 17.3 Å². The predicted molar refractivity (Wildman–Crippen MR) is 83.0 cm³/mol. The molecule has 0 amide bonds. The number of hydrogen-bond donors (Lipinski definition) is 1. The van der Waals surface area contributed by atoms with Crippen molar-refractivity contribution in [1.29, 1.82) is 0 Å². The van der Waals surface area contributed by atoms with Crippen molar-refractivity contribution in [2.24, 2.45) is 0 Å². The molecule has 1 aromatic carbocycles. The monoisotopic (exact) mass is 289 g/mol. The molecule has 2 N–H and O–H groups in total. The van der Waals surface area contributed by atoms with Crippen molar-refractivity contribution in [3.05, 3.63) is 30.2 Å². The second-order valence-corrected chi connectivity index (χ2v) is 5.56. The number of nitrogens with two attached hydrogens (primary N) is 1. The van der Waals surface area contributed by atoms with Crippen molar-refractivity contribution in [3.63, 3.8) is 0 Å². The lowest BCUT2D eigenvalue weighted by Gasteiger charge is -2.29. The maximum atomic E-state index is 14.4. The minimum absolute atomic E-state index is 0.152. The largest absolute Gasteiger partial charge is 0.398 e. The summed E-state index contributed by atoms with van der Waals surface area (Å²) < 4.78 is 20.1. The Hall–Kier alpha value is -1.88. The first-order valence-electron chi connectivity index (χ1n) is 7.32. The first kappa shape index (κ1) is 14.1. The second kappa shape index (κ2) is 5.85. The average molecular weight is 289 g/mol. The van der Waals surface area contributed by atoms with Gasteiger partial charge in [-0.05, 0) is 37.5 Å². The molecule has 21 heavy (non-hydrogen) atoms. The summed E-state index contributed by atoms with van der Waals surface area (Å²) >= 11 is 0. The van der Waals surface area contributed by atoms with Gasteiger partial charge in [0, 0.05) is 37.5 Å². The van der Waals surface area contributed by atoms with E-state index in [0.29, 0.717) is 23.4 Å². The van der Waals surface area contributed by atoms with Gasteiger partial charge >= 0.3 is 0 Å². The smallest absolute Gasteiger partial charge is 0.150 e. The summed E-state index contributed by atoms with van der Waals surface area (Å²) in [6.07, 6.45) is 5.12. The van der Waals surface area contributed by atoms with Crippen LogP contribution in [-0.4, -0.2) is 31.3 Å². The lowest BCUT2D eigenvalue weighted by Crippen LogP contribution is -2.34. The van der Waals surface area contributed by atoms with Crippen LogP contribution in [-0.2, 0) is 4.74 Å². The van der Waals surface area contributed by atoms with Crippen LogP contribution < -0.4 is 10.6 Å². The number of likely N-dealkylation sites (N-methyl/N-ethyl adjacent to an activating group) is 1. The van der Waals surface area contributed by atoms with E-state index in [-0.39, 0.29) is 11.9 Å². The van der Waals surface area contributed by atoms with E-state index in [2.05, 4.69) is 4.98 Å². The van der Waals surface area contributed by atoms with E-state index in [9.17, 15) is 4.39 Å². The quantitative estimate of drug-likeness (QED) is 0.883. The van der Waals surface area contributed by atoms with Gasteiger partial charge in [-0.3, -0.25) is 4.98 Å². The molecular weight excluding hydrogens is 269 g/mol. The molecule has 2 aromatic rings. The van der Waals surface area contributed by atoms with Crippen molar-refractivity contribution in [3.8, 4) is 0 Å². The van der Waals surface area contributed by atoms with Crippen LogP contribution >= 0.6 is 0 Å². The molecule has 5 heteroatoms. The Balaban J connectivity index is 1.95. The zero-order valence-corrected chi connectivity index (χ0v) is 12.2. The average Bonchev–Trinajstić information content (AvgIpc) is 2.48. The molecule has 1 aliphatic rings. The summed E-state index contributed by atoms with van der Waals surface area (Å²) in [5.74, 6) is -0.336.